The summed E-state index contributed by atoms with van der Waals surface area (Å²) < 4.78 is 30.9. The van der Waals surface area contributed by atoms with Gasteiger partial charge in [0.2, 0.25) is 0 Å². The van der Waals surface area contributed by atoms with E-state index >= 15 is 0 Å². The molecule has 0 saturated heterocycles. The number of methoxy groups -OCH3 is 2. The van der Waals surface area contributed by atoms with Crippen molar-refractivity contribution in [1.82, 2.24) is 15.0 Å². The van der Waals surface area contributed by atoms with Gasteiger partial charge in [-0.3, -0.25) is 0 Å². The third-order valence-corrected chi connectivity index (χ3v) is 14.0. The van der Waals surface area contributed by atoms with E-state index in [0.29, 0.717) is 42.6 Å². The van der Waals surface area contributed by atoms with Crippen LogP contribution in [0.15, 0.2) is 152 Å². The molecule has 0 aliphatic carbocycles. The van der Waals surface area contributed by atoms with Crippen LogP contribution in [0.3, 0.4) is 0 Å². The van der Waals surface area contributed by atoms with Gasteiger partial charge in [0, 0.05) is 33.5 Å². The number of hydrogen-bond acceptors (Lipinski definition) is 8. The number of ether oxygens (including phenoxy) is 5. The minimum absolute atomic E-state index is 0.0111. The van der Waals surface area contributed by atoms with Gasteiger partial charge in [0.15, 0.2) is 11.3 Å². The zero-order valence-corrected chi connectivity index (χ0v) is 46.9. The topological polar surface area (TPSA) is 84.8 Å². The average Bonchev–Trinajstić information content (AvgIpc) is 3.46. The van der Waals surface area contributed by atoms with Crippen LogP contribution in [0.25, 0.3) is 55.7 Å². The number of nitrogens with zero attached hydrogens (tertiary/aromatic N) is 3. The first-order valence-corrected chi connectivity index (χ1v) is 26.3. The van der Waals surface area contributed by atoms with Crippen LogP contribution in [0.2, 0.25) is 0 Å². The Kier molecular flexibility index (Phi) is 14.8. The maximum absolute atomic E-state index is 6.70. The van der Waals surface area contributed by atoms with Gasteiger partial charge < -0.3 is 23.7 Å². The number of aromatic nitrogens is 3. The first kappa shape index (κ1) is 53.1. The quantitative estimate of drug-likeness (QED) is 0.0996. The van der Waals surface area contributed by atoms with Crippen molar-refractivity contribution >= 4 is 22.1 Å². The van der Waals surface area contributed by atoms with Crippen molar-refractivity contribution in [1.29, 1.82) is 0 Å². The van der Waals surface area contributed by atoms with Crippen molar-refractivity contribution < 1.29 is 23.7 Å². The van der Waals surface area contributed by atoms with Crippen LogP contribution < -0.4 is 23.7 Å². The van der Waals surface area contributed by atoms with Crippen LogP contribution in [0, 0.1) is 0 Å². The number of fused-ring (bicyclic) bond motifs is 2. The highest BCUT2D eigenvalue weighted by Crippen LogP contribution is 2.39. The number of hydrogen-bond donors (Lipinski definition) is 0. The molecule has 0 atom stereocenters. The molecule has 0 bridgehead atoms. The van der Waals surface area contributed by atoms with Crippen LogP contribution in [0.5, 0.6) is 28.7 Å². The summed E-state index contributed by atoms with van der Waals surface area (Å²) in [6.45, 7) is 28.3. The molecule has 0 saturated carbocycles. The molecule has 0 fully saturated rings. The van der Waals surface area contributed by atoms with E-state index in [9.17, 15) is 0 Å². The first-order valence-electron chi connectivity index (χ1n) is 26.3. The Hall–Kier alpha value is -7.71. The summed E-state index contributed by atoms with van der Waals surface area (Å²) in [5.41, 5.74) is 15.0. The van der Waals surface area contributed by atoms with E-state index < -0.39 is 0 Å². The molecule has 0 radical (unpaired) electrons. The Labute approximate surface area is 450 Å². The van der Waals surface area contributed by atoms with E-state index in [2.05, 4.69) is 156 Å². The van der Waals surface area contributed by atoms with Crippen LogP contribution in [-0.4, -0.2) is 29.2 Å². The Morgan fingerprint density at radius 2 is 0.645 bits per heavy atom. The minimum atomic E-state index is -0.0111. The van der Waals surface area contributed by atoms with Crippen LogP contribution in [0.4, 0.5) is 0 Å². The molecule has 0 unspecified atom stereocenters. The zero-order valence-electron chi connectivity index (χ0n) is 46.9. The minimum Gasteiger partial charge on any atom is -0.497 e. The van der Waals surface area contributed by atoms with E-state index in [0.717, 1.165) is 78.4 Å². The molecule has 3 heterocycles. The molecule has 3 aromatic heterocycles. The zero-order chi connectivity index (χ0) is 54.2. The highest BCUT2D eigenvalue weighted by molar-refractivity contribution is 6.08. The van der Waals surface area contributed by atoms with Gasteiger partial charge >= 0.3 is 0 Å². The first-order chi connectivity index (χ1) is 36.0. The summed E-state index contributed by atoms with van der Waals surface area (Å²) >= 11 is 0. The Balaban J connectivity index is 1.03. The molecule has 6 aromatic carbocycles. The van der Waals surface area contributed by atoms with E-state index in [1.807, 2.05) is 78.9 Å². The second-order valence-corrected chi connectivity index (χ2v) is 24.1. The van der Waals surface area contributed by atoms with Crippen molar-refractivity contribution in [3.05, 3.63) is 191 Å². The molecule has 0 amide bonds. The SMILES string of the molecule is COc1ccc(-c2ccc3c(-c4ccc(OCc5cc(OCc6cc(C(C)(C)C)cc(C(C)(C)C)c6)cc(OCc6cc(C(C)(C)C)cc(C(C)(C)C)c6)c5)cc4)c4ccc(-c5ccc(OC)cc5)nc4nc3n2)cc1. The van der Waals surface area contributed by atoms with E-state index in [1.54, 1.807) is 14.2 Å². The molecule has 9 rings (SSSR count). The number of rotatable bonds is 14. The molecule has 0 aliphatic rings. The summed E-state index contributed by atoms with van der Waals surface area (Å²) in [4.78, 5) is 15.3. The molecule has 8 heteroatoms. The van der Waals surface area contributed by atoms with Crippen molar-refractivity contribution in [3.8, 4) is 62.4 Å². The maximum Gasteiger partial charge on any atom is 0.162 e. The van der Waals surface area contributed by atoms with Crippen LogP contribution in [-0.2, 0) is 41.5 Å². The Morgan fingerprint density at radius 3 is 1.00 bits per heavy atom. The summed E-state index contributed by atoms with van der Waals surface area (Å²) in [5.74, 6) is 3.72. The van der Waals surface area contributed by atoms with Gasteiger partial charge in [0.1, 0.15) is 48.6 Å². The lowest BCUT2D eigenvalue weighted by molar-refractivity contribution is 0.281. The van der Waals surface area contributed by atoms with Crippen molar-refractivity contribution in [3.63, 3.8) is 0 Å². The summed E-state index contributed by atoms with van der Waals surface area (Å²) in [7, 11) is 3.33. The number of pyridine rings is 3. The lowest BCUT2D eigenvalue weighted by Gasteiger charge is -2.26. The van der Waals surface area contributed by atoms with Gasteiger partial charge in [0.05, 0.1) is 25.6 Å². The summed E-state index contributed by atoms with van der Waals surface area (Å²) in [6.07, 6.45) is 0. The molecular formula is C68H73N3O5. The normalized spacial score (nSPS) is 12.2. The second kappa shape index (κ2) is 21.1. The van der Waals surface area contributed by atoms with Crippen molar-refractivity contribution in [2.75, 3.05) is 14.2 Å². The molecule has 390 valence electrons. The molecule has 9 aromatic rings. The van der Waals surface area contributed by atoms with Gasteiger partial charge in [-0.1, -0.05) is 132 Å². The van der Waals surface area contributed by atoms with E-state index in [-0.39, 0.29) is 21.7 Å². The summed E-state index contributed by atoms with van der Waals surface area (Å²) in [5, 5.41) is 1.84. The fourth-order valence-corrected chi connectivity index (χ4v) is 9.24. The predicted octanol–water partition coefficient (Wildman–Crippen LogP) is 17.1. The molecule has 8 nitrogen and oxygen atoms in total. The monoisotopic (exact) mass is 1010 g/mol. The van der Waals surface area contributed by atoms with E-state index in [4.69, 9.17) is 38.6 Å². The lowest BCUT2D eigenvalue weighted by Crippen LogP contribution is -2.17. The van der Waals surface area contributed by atoms with Gasteiger partial charge in [-0.15, -0.1) is 0 Å². The molecule has 0 N–H and O–H groups in total. The predicted molar refractivity (Wildman–Crippen MR) is 311 cm³/mol. The van der Waals surface area contributed by atoms with Gasteiger partial charge in [-0.25, -0.2) is 15.0 Å². The molecule has 0 aliphatic heterocycles. The fraction of sp³-hybridized carbons (Fsp3) is 0.309. The largest absolute Gasteiger partial charge is 0.497 e. The highest BCUT2D eigenvalue weighted by atomic mass is 16.5. The van der Waals surface area contributed by atoms with Gasteiger partial charge in [-0.05, 0) is 163 Å². The van der Waals surface area contributed by atoms with Crippen LogP contribution >= 0.6 is 0 Å². The molecule has 0 spiro atoms. The van der Waals surface area contributed by atoms with Crippen molar-refractivity contribution in [2.24, 2.45) is 0 Å². The maximum atomic E-state index is 6.70. The highest BCUT2D eigenvalue weighted by Gasteiger charge is 2.23. The third kappa shape index (κ3) is 12.3. The number of benzene rings is 6. The van der Waals surface area contributed by atoms with E-state index in [1.165, 1.54) is 22.3 Å². The van der Waals surface area contributed by atoms with Gasteiger partial charge in [-0.2, -0.15) is 0 Å². The molecular weight excluding hydrogens is 939 g/mol. The summed E-state index contributed by atoms with van der Waals surface area (Å²) in [6, 6.07) is 52.3. The smallest absolute Gasteiger partial charge is 0.162 e. The average molecular weight is 1010 g/mol. The van der Waals surface area contributed by atoms with Crippen LogP contribution in [0.1, 0.15) is 122 Å². The Bertz CT molecular complexity index is 3250. The van der Waals surface area contributed by atoms with Gasteiger partial charge in [0.25, 0.3) is 0 Å². The standard InChI is InChI=1S/C68H73N3O5/c1-65(2,3)49-31-43(32-50(37-49)66(4,5)6)40-75-56-35-45(36-57(39-56)76-41-44-33-51(67(7,8)9)38-52(34-44)68(10,11)12)42-74-55-25-19-48(20-26-55)62-58-27-29-60(46-15-21-53(72-13)22-16-46)69-63(58)71-64-59(62)28-30-61(70-64)47-17-23-54(73-14)24-18-47/h15-39H,40-42H2,1-14H3. The van der Waals surface area contributed by atoms with Crippen molar-refractivity contribution in [2.45, 2.75) is 125 Å². The third-order valence-electron chi connectivity index (χ3n) is 14.0. The molecule has 76 heavy (non-hydrogen) atoms. The lowest BCUT2D eigenvalue weighted by atomic mass is 9.79. The fourth-order valence-electron chi connectivity index (χ4n) is 9.24. The second-order valence-electron chi connectivity index (χ2n) is 24.1. The Morgan fingerprint density at radius 1 is 0.316 bits per heavy atom.